The van der Waals surface area contributed by atoms with E-state index in [2.05, 4.69) is 5.32 Å². The number of hydrogen-bond donors (Lipinski definition) is 1. The molecule has 1 amide bonds. The minimum Gasteiger partial charge on any atom is -0.457 e. The number of hydrogen-bond acceptors (Lipinski definition) is 5. The van der Waals surface area contributed by atoms with Crippen LogP contribution in [0.5, 0.6) is 0 Å². The molecule has 1 heterocycles. The fourth-order valence-electron chi connectivity index (χ4n) is 2.66. The van der Waals surface area contributed by atoms with Crippen LogP contribution in [0.25, 0.3) is 17.4 Å². The van der Waals surface area contributed by atoms with E-state index in [9.17, 15) is 24.6 Å². The van der Waals surface area contributed by atoms with Gasteiger partial charge in [-0.25, -0.2) is 4.39 Å². The number of halogens is 1. The number of nitriles is 1. The fourth-order valence-corrected chi connectivity index (χ4v) is 2.66. The quantitative estimate of drug-likeness (QED) is 0.289. The molecule has 1 aromatic heterocycles. The maximum absolute atomic E-state index is 13.7. The molecule has 3 rings (SSSR count). The van der Waals surface area contributed by atoms with Crippen LogP contribution in [0.15, 0.2) is 64.6 Å². The van der Waals surface area contributed by atoms with Crippen molar-refractivity contribution in [1.29, 1.82) is 5.26 Å². The lowest BCUT2D eigenvalue weighted by molar-refractivity contribution is -0.384. The van der Waals surface area contributed by atoms with Crippen molar-refractivity contribution in [3.8, 4) is 17.4 Å². The van der Waals surface area contributed by atoms with Gasteiger partial charge in [0.15, 0.2) is 0 Å². The van der Waals surface area contributed by atoms with Gasteiger partial charge < -0.3 is 9.73 Å². The third-order valence-electron chi connectivity index (χ3n) is 4.09. The minimum atomic E-state index is -0.776. The van der Waals surface area contributed by atoms with Gasteiger partial charge in [0, 0.05) is 23.8 Å². The van der Waals surface area contributed by atoms with Crippen molar-refractivity contribution in [3.05, 3.63) is 87.4 Å². The van der Waals surface area contributed by atoms with Crippen LogP contribution in [0.1, 0.15) is 11.3 Å². The Morgan fingerprint density at radius 2 is 2.00 bits per heavy atom. The first-order valence-electron chi connectivity index (χ1n) is 8.42. The minimum absolute atomic E-state index is 0.0329. The second-order valence-corrected chi connectivity index (χ2v) is 6.06. The standard InChI is InChI=1S/C21H14FN3O4/c1-13-10-15(25(27)28)6-8-17(13)20-9-7-16(29-20)11-14(12-23)21(26)24-19-5-3-2-4-18(19)22/h2-11H,1H3,(H,24,26)/b14-11+. The Bertz CT molecular complexity index is 1170. The average Bonchev–Trinajstić information content (AvgIpc) is 3.16. The number of para-hydroxylation sites is 1. The van der Waals surface area contributed by atoms with Crippen molar-refractivity contribution in [2.75, 3.05) is 5.32 Å². The van der Waals surface area contributed by atoms with Gasteiger partial charge in [-0.05, 0) is 42.8 Å². The van der Waals surface area contributed by atoms with Gasteiger partial charge in [0.1, 0.15) is 29.0 Å². The number of carbonyl (C=O) groups is 1. The zero-order chi connectivity index (χ0) is 21.0. The predicted octanol–water partition coefficient (Wildman–Crippen LogP) is 4.85. The molecular formula is C21H14FN3O4. The monoisotopic (exact) mass is 391 g/mol. The first-order valence-corrected chi connectivity index (χ1v) is 8.42. The third-order valence-corrected chi connectivity index (χ3v) is 4.09. The molecule has 0 saturated heterocycles. The summed E-state index contributed by atoms with van der Waals surface area (Å²) >= 11 is 0. The van der Waals surface area contributed by atoms with Crippen LogP contribution in [0.4, 0.5) is 15.8 Å². The number of amides is 1. The molecule has 0 aliphatic rings. The zero-order valence-corrected chi connectivity index (χ0v) is 15.2. The molecule has 1 N–H and O–H groups in total. The molecule has 0 saturated carbocycles. The van der Waals surface area contributed by atoms with Crippen LogP contribution in [-0.2, 0) is 4.79 Å². The number of nitro groups is 1. The summed E-state index contributed by atoms with van der Waals surface area (Å²) in [7, 11) is 0. The van der Waals surface area contributed by atoms with Crippen LogP contribution in [-0.4, -0.2) is 10.8 Å². The van der Waals surface area contributed by atoms with Crippen LogP contribution in [0.3, 0.4) is 0 Å². The third kappa shape index (κ3) is 4.36. The first kappa shape index (κ1) is 19.5. The average molecular weight is 391 g/mol. The fraction of sp³-hybridized carbons (Fsp3) is 0.0476. The summed E-state index contributed by atoms with van der Waals surface area (Å²) in [4.78, 5) is 22.6. The summed E-state index contributed by atoms with van der Waals surface area (Å²) < 4.78 is 19.3. The molecule has 0 aliphatic carbocycles. The molecule has 3 aromatic rings. The number of benzene rings is 2. The summed E-state index contributed by atoms with van der Waals surface area (Å²) in [6.07, 6.45) is 1.24. The van der Waals surface area contributed by atoms with Crippen molar-refractivity contribution >= 4 is 23.4 Å². The molecule has 2 aromatic carbocycles. The topological polar surface area (TPSA) is 109 Å². The van der Waals surface area contributed by atoms with Crippen LogP contribution in [0.2, 0.25) is 0 Å². The summed E-state index contributed by atoms with van der Waals surface area (Å²) in [6.45, 7) is 1.71. The number of aryl methyl sites for hydroxylation is 1. The first-order chi connectivity index (χ1) is 13.9. The lowest BCUT2D eigenvalue weighted by Gasteiger charge is -2.04. The Labute approximate surface area is 164 Å². The SMILES string of the molecule is Cc1cc([N+](=O)[O-])ccc1-c1ccc(/C=C(\C#N)C(=O)Nc2ccccc2F)o1. The van der Waals surface area contributed by atoms with Crippen LogP contribution in [0, 0.1) is 34.2 Å². The van der Waals surface area contributed by atoms with Gasteiger partial charge in [-0.3, -0.25) is 14.9 Å². The van der Waals surface area contributed by atoms with Crippen molar-refractivity contribution < 1.29 is 18.5 Å². The molecule has 7 nitrogen and oxygen atoms in total. The Morgan fingerprint density at radius 1 is 1.24 bits per heavy atom. The highest BCUT2D eigenvalue weighted by Crippen LogP contribution is 2.29. The van der Waals surface area contributed by atoms with E-state index < -0.39 is 16.6 Å². The van der Waals surface area contributed by atoms with Crippen molar-refractivity contribution in [2.24, 2.45) is 0 Å². The molecule has 144 valence electrons. The van der Waals surface area contributed by atoms with Crippen molar-refractivity contribution in [3.63, 3.8) is 0 Å². The maximum Gasteiger partial charge on any atom is 0.269 e. The number of furan rings is 1. The van der Waals surface area contributed by atoms with Crippen LogP contribution >= 0.6 is 0 Å². The predicted molar refractivity (Wildman–Crippen MR) is 104 cm³/mol. The molecule has 8 heteroatoms. The Morgan fingerprint density at radius 3 is 2.66 bits per heavy atom. The van der Waals surface area contributed by atoms with Crippen molar-refractivity contribution in [2.45, 2.75) is 6.92 Å². The van der Waals surface area contributed by atoms with E-state index in [1.165, 1.54) is 36.4 Å². The number of carbonyl (C=O) groups excluding carboxylic acids is 1. The van der Waals surface area contributed by atoms with Gasteiger partial charge in [-0.15, -0.1) is 0 Å². The molecule has 0 bridgehead atoms. The number of non-ortho nitro benzene ring substituents is 1. The highest BCUT2D eigenvalue weighted by atomic mass is 19.1. The number of nitro benzene ring substituents is 1. The lowest BCUT2D eigenvalue weighted by atomic mass is 10.1. The van der Waals surface area contributed by atoms with E-state index in [0.29, 0.717) is 16.9 Å². The molecule has 0 unspecified atom stereocenters. The molecule has 29 heavy (non-hydrogen) atoms. The molecule has 0 spiro atoms. The zero-order valence-electron chi connectivity index (χ0n) is 15.2. The van der Waals surface area contributed by atoms with E-state index in [1.807, 2.05) is 0 Å². The van der Waals surface area contributed by atoms with E-state index in [0.717, 1.165) is 0 Å². The highest BCUT2D eigenvalue weighted by molar-refractivity contribution is 6.09. The van der Waals surface area contributed by atoms with E-state index >= 15 is 0 Å². The van der Waals surface area contributed by atoms with Gasteiger partial charge in [-0.2, -0.15) is 5.26 Å². The molecular weight excluding hydrogens is 377 g/mol. The van der Waals surface area contributed by atoms with Crippen LogP contribution < -0.4 is 5.32 Å². The molecule has 0 fully saturated rings. The van der Waals surface area contributed by atoms with Gasteiger partial charge in [0.2, 0.25) is 0 Å². The summed E-state index contributed by atoms with van der Waals surface area (Å²) in [5, 5.41) is 22.5. The second-order valence-electron chi connectivity index (χ2n) is 6.06. The molecule has 0 aliphatic heterocycles. The molecule has 0 radical (unpaired) electrons. The Balaban J connectivity index is 1.84. The largest absolute Gasteiger partial charge is 0.457 e. The van der Waals surface area contributed by atoms with Crippen molar-refractivity contribution in [1.82, 2.24) is 0 Å². The molecule has 0 atom stereocenters. The summed E-state index contributed by atoms with van der Waals surface area (Å²) in [6, 6.07) is 14.9. The van der Waals surface area contributed by atoms with Gasteiger partial charge in [-0.1, -0.05) is 12.1 Å². The normalized spacial score (nSPS) is 11.0. The highest BCUT2D eigenvalue weighted by Gasteiger charge is 2.15. The smallest absolute Gasteiger partial charge is 0.269 e. The Kier molecular flexibility index (Phi) is 5.51. The number of nitrogens with one attached hydrogen (secondary N) is 1. The summed E-state index contributed by atoms with van der Waals surface area (Å²) in [5.74, 6) is -0.734. The van der Waals surface area contributed by atoms with E-state index in [1.54, 1.807) is 37.3 Å². The van der Waals surface area contributed by atoms with Gasteiger partial charge in [0.25, 0.3) is 11.6 Å². The van der Waals surface area contributed by atoms with E-state index in [4.69, 9.17) is 4.42 Å². The number of anilines is 1. The van der Waals surface area contributed by atoms with E-state index in [-0.39, 0.29) is 22.7 Å². The Hall–Kier alpha value is -4.25. The van der Waals surface area contributed by atoms with Gasteiger partial charge >= 0.3 is 0 Å². The number of rotatable bonds is 5. The van der Waals surface area contributed by atoms with Gasteiger partial charge in [0.05, 0.1) is 10.6 Å². The second kappa shape index (κ2) is 8.19. The summed E-state index contributed by atoms with van der Waals surface area (Å²) in [5.41, 5.74) is 0.941. The maximum atomic E-state index is 13.7. The number of nitrogens with zero attached hydrogens (tertiary/aromatic N) is 2. The lowest BCUT2D eigenvalue weighted by Crippen LogP contribution is -2.14.